The molecule has 0 bridgehead atoms. The average Bonchev–Trinajstić information content (AvgIpc) is 2.94. The Labute approximate surface area is 248 Å². The highest BCUT2D eigenvalue weighted by atomic mass is 127. The third kappa shape index (κ3) is 8.77. The minimum absolute atomic E-state index is 0.00257. The van der Waals surface area contributed by atoms with E-state index >= 15 is 0 Å². The van der Waals surface area contributed by atoms with Crippen LogP contribution >= 0.6 is 22.6 Å². The summed E-state index contributed by atoms with van der Waals surface area (Å²) in [6.45, 7) is 1.62. The monoisotopic (exact) mass is 664 g/mol. The maximum Gasteiger partial charge on any atom is 0.247 e. The number of halogens is 1. The molecule has 0 heterocycles. The Morgan fingerprint density at radius 1 is 1.07 bits per heavy atom. The van der Waals surface area contributed by atoms with Gasteiger partial charge in [0.05, 0.1) is 23.3 Å². The summed E-state index contributed by atoms with van der Waals surface area (Å²) < 4.78 is 12.5. The van der Waals surface area contributed by atoms with Crippen LogP contribution in [0.3, 0.4) is 0 Å². The summed E-state index contributed by atoms with van der Waals surface area (Å²) in [5, 5.41) is 23.4. The normalized spacial score (nSPS) is 18.4. The number of nitrogens with one attached hydrogen (secondary N) is 1. The highest BCUT2D eigenvalue weighted by Gasteiger charge is 2.40. The van der Waals surface area contributed by atoms with Crippen LogP contribution in [-0.4, -0.2) is 77.8 Å². The van der Waals surface area contributed by atoms with Crippen molar-refractivity contribution in [3.05, 3.63) is 69.3 Å². The van der Waals surface area contributed by atoms with Crippen molar-refractivity contribution in [3.8, 4) is 11.5 Å². The van der Waals surface area contributed by atoms with Crippen molar-refractivity contribution >= 4 is 40.2 Å². The van der Waals surface area contributed by atoms with Crippen LogP contribution < -0.4 is 14.8 Å². The van der Waals surface area contributed by atoms with Gasteiger partial charge in [-0.3, -0.25) is 9.59 Å². The molecule has 0 saturated heterocycles. The van der Waals surface area contributed by atoms with E-state index in [1.165, 1.54) is 6.92 Å². The number of rotatable bonds is 14. The molecule has 0 aliphatic heterocycles. The maximum absolute atomic E-state index is 13.6. The number of para-hydroxylation sites is 2. The zero-order valence-electron chi connectivity index (χ0n) is 22.8. The predicted octanol–water partition coefficient (Wildman–Crippen LogP) is 3.05. The summed E-state index contributed by atoms with van der Waals surface area (Å²) in [4.78, 5) is 39.7. The molecule has 9 nitrogen and oxygen atoms in total. The number of hydrogen-bond acceptors (Lipinski definition) is 7. The minimum atomic E-state index is -1.13. The van der Waals surface area contributed by atoms with Crippen molar-refractivity contribution in [3.63, 3.8) is 0 Å². The fraction of sp³-hybridized carbons (Fsp3) is 0.433. The molecular formula is C30H37IN2O7. The molecule has 1 aliphatic rings. The Balaban J connectivity index is 1.94. The zero-order valence-corrected chi connectivity index (χ0v) is 25.0. The fourth-order valence-electron chi connectivity index (χ4n) is 4.72. The van der Waals surface area contributed by atoms with Gasteiger partial charge in [0.25, 0.3) is 0 Å². The smallest absolute Gasteiger partial charge is 0.247 e. The lowest BCUT2D eigenvalue weighted by Gasteiger charge is -2.40. The number of carbonyl (C=O) groups excluding carboxylic acids is 3. The largest absolute Gasteiger partial charge is 0.496 e. The van der Waals surface area contributed by atoms with E-state index in [9.17, 15) is 24.6 Å². The predicted molar refractivity (Wildman–Crippen MR) is 159 cm³/mol. The molecule has 40 heavy (non-hydrogen) atoms. The first-order valence-electron chi connectivity index (χ1n) is 13.3. The van der Waals surface area contributed by atoms with E-state index in [2.05, 4.69) is 27.9 Å². The van der Waals surface area contributed by atoms with E-state index in [0.29, 0.717) is 29.9 Å². The highest BCUT2D eigenvalue weighted by Crippen LogP contribution is 2.30. The van der Waals surface area contributed by atoms with Gasteiger partial charge in [-0.15, -0.1) is 0 Å². The van der Waals surface area contributed by atoms with Gasteiger partial charge in [-0.05, 0) is 72.2 Å². The third-order valence-corrected chi connectivity index (χ3v) is 7.66. The van der Waals surface area contributed by atoms with Gasteiger partial charge in [0, 0.05) is 37.9 Å². The van der Waals surface area contributed by atoms with Crippen LogP contribution in [0, 0.1) is 3.57 Å². The lowest BCUT2D eigenvalue weighted by Crippen LogP contribution is -2.55. The molecule has 0 radical (unpaired) electrons. The summed E-state index contributed by atoms with van der Waals surface area (Å²) in [6, 6.07) is 14.1. The van der Waals surface area contributed by atoms with Crippen molar-refractivity contribution in [2.24, 2.45) is 0 Å². The first-order chi connectivity index (χ1) is 19.2. The maximum atomic E-state index is 13.6. The zero-order chi connectivity index (χ0) is 29.1. The van der Waals surface area contributed by atoms with E-state index in [0.717, 1.165) is 9.13 Å². The van der Waals surface area contributed by atoms with E-state index < -0.39 is 24.2 Å². The van der Waals surface area contributed by atoms with E-state index in [1.54, 1.807) is 24.2 Å². The molecule has 10 heteroatoms. The number of amides is 2. The van der Waals surface area contributed by atoms with Crippen LogP contribution in [0.2, 0.25) is 0 Å². The fourth-order valence-corrected chi connectivity index (χ4v) is 5.24. The van der Waals surface area contributed by atoms with Gasteiger partial charge in [0.1, 0.15) is 29.5 Å². The highest BCUT2D eigenvalue weighted by molar-refractivity contribution is 14.1. The van der Waals surface area contributed by atoms with Gasteiger partial charge in [0.15, 0.2) is 0 Å². The summed E-state index contributed by atoms with van der Waals surface area (Å²) >= 11 is 2.14. The summed E-state index contributed by atoms with van der Waals surface area (Å²) in [7, 11) is 1.59. The van der Waals surface area contributed by atoms with Crippen molar-refractivity contribution in [1.82, 2.24) is 10.2 Å². The van der Waals surface area contributed by atoms with Gasteiger partial charge in [-0.1, -0.05) is 30.3 Å². The van der Waals surface area contributed by atoms with Crippen LogP contribution in [0.15, 0.2) is 60.2 Å². The second kappa shape index (κ2) is 15.7. The molecular weight excluding hydrogens is 627 g/mol. The number of aliphatic hydroxyl groups excluding tert-OH is 2. The SMILES string of the molecule is COc1ccccc1CCN(C(=O)CCCC(C)=O)C1CC(C(=O)NCCO)=CC(Oc2ccccc2I)C1O. The quantitative estimate of drug-likeness (QED) is 0.265. The molecule has 2 amide bonds. The van der Waals surface area contributed by atoms with Gasteiger partial charge >= 0.3 is 0 Å². The number of Topliss-reactive ketones (excluding diaryl/α,β-unsaturated/α-hetero) is 1. The third-order valence-electron chi connectivity index (χ3n) is 6.77. The molecule has 0 aromatic heterocycles. The molecule has 0 fully saturated rings. The number of methoxy groups -OCH3 is 1. The van der Waals surface area contributed by atoms with E-state index in [1.807, 2.05) is 42.5 Å². The Hall–Kier alpha value is -2.96. The molecule has 3 atom stereocenters. The van der Waals surface area contributed by atoms with Gasteiger partial charge in [0.2, 0.25) is 11.8 Å². The molecule has 2 aromatic rings. The number of ketones is 1. The number of benzene rings is 2. The lowest BCUT2D eigenvalue weighted by atomic mass is 9.87. The second-order valence-corrected chi connectivity index (χ2v) is 10.8. The van der Waals surface area contributed by atoms with Gasteiger partial charge in [-0.2, -0.15) is 0 Å². The molecule has 2 aromatic carbocycles. The standard InChI is InChI=1S/C30H37IN2O7/c1-20(35)8-7-13-28(36)33(16-14-21-9-3-5-11-25(21)39-2)24-18-22(30(38)32-15-17-34)19-27(29(24)37)40-26-12-6-4-10-23(26)31/h3-6,9-12,19,24,27,29,34,37H,7-8,13-18H2,1-2H3,(H,32,38). The van der Waals surface area contributed by atoms with Crippen LogP contribution in [0.1, 0.15) is 38.2 Å². The molecule has 216 valence electrons. The number of aliphatic hydroxyl groups is 2. The Kier molecular flexibility index (Phi) is 12.4. The van der Waals surface area contributed by atoms with Gasteiger partial charge < -0.3 is 34.7 Å². The lowest BCUT2D eigenvalue weighted by molar-refractivity contribution is -0.138. The molecule has 3 N–H and O–H groups in total. The molecule has 1 aliphatic carbocycles. The first-order valence-corrected chi connectivity index (χ1v) is 14.4. The Bertz CT molecular complexity index is 1200. The number of hydrogen-bond donors (Lipinski definition) is 3. The Morgan fingerprint density at radius 2 is 1.77 bits per heavy atom. The Morgan fingerprint density at radius 3 is 2.45 bits per heavy atom. The molecule has 3 rings (SSSR count). The van der Waals surface area contributed by atoms with Crippen LogP contribution in [0.25, 0.3) is 0 Å². The number of carbonyl (C=O) groups is 3. The van der Waals surface area contributed by atoms with Crippen molar-refractivity contribution in [2.45, 2.75) is 57.3 Å². The first kappa shape index (κ1) is 31.6. The second-order valence-electron chi connectivity index (χ2n) is 9.65. The van der Waals surface area contributed by atoms with Crippen molar-refractivity contribution in [2.75, 3.05) is 26.8 Å². The molecule has 3 unspecified atom stereocenters. The topological polar surface area (TPSA) is 125 Å². The summed E-state index contributed by atoms with van der Waals surface area (Å²) in [6.07, 6.45) is 0.944. The van der Waals surface area contributed by atoms with E-state index in [-0.39, 0.29) is 50.6 Å². The minimum Gasteiger partial charge on any atom is -0.496 e. The number of nitrogens with zero attached hydrogens (tertiary/aromatic N) is 1. The van der Waals surface area contributed by atoms with Crippen LogP contribution in [-0.2, 0) is 20.8 Å². The van der Waals surface area contributed by atoms with Crippen molar-refractivity contribution in [1.29, 1.82) is 0 Å². The average molecular weight is 665 g/mol. The molecule has 0 saturated carbocycles. The van der Waals surface area contributed by atoms with Crippen LogP contribution in [0.5, 0.6) is 11.5 Å². The number of ether oxygens (including phenoxy) is 2. The van der Waals surface area contributed by atoms with Crippen molar-refractivity contribution < 1.29 is 34.1 Å². The molecule has 0 spiro atoms. The van der Waals surface area contributed by atoms with E-state index in [4.69, 9.17) is 9.47 Å². The summed E-state index contributed by atoms with van der Waals surface area (Å²) in [5.74, 6) is 0.635. The van der Waals surface area contributed by atoms with Crippen LogP contribution in [0.4, 0.5) is 0 Å². The summed E-state index contributed by atoms with van der Waals surface area (Å²) in [5.41, 5.74) is 1.26. The van der Waals surface area contributed by atoms with Gasteiger partial charge in [-0.25, -0.2) is 0 Å².